The van der Waals surface area contributed by atoms with Crippen LogP contribution in [0.5, 0.6) is 0 Å². The first-order chi connectivity index (χ1) is 39.6. The van der Waals surface area contributed by atoms with Gasteiger partial charge in [0.05, 0.1) is 67.1 Å². The van der Waals surface area contributed by atoms with E-state index in [2.05, 4.69) is 262 Å². The van der Waals surface area contributed by atoms with E-state index in [-0.39, 0.29) is 0 Å². The summed E-state index contributed by atoms with van der Waals surface area (Å²) in [5, 5.41) is 29.8. The van der Waals surface area contributed by atoms with Crippen LogP contribution >= 0.6 is 0 Å². The summed E-state index contributed by atoms with van der Waals surface area (Å²) in [6, 6.07) is 82.4. The molecule has 0 amide bonds. The number of allylic oxidation sites excluding steroid dienone is 1. The van der Waals surface area contributed by atoms with Crippen LogP contribution in [0, 0.1) is 18.3 Å². The highest BCUT2D eigenvalue weighted by Crippen LogP contribution is 2.52. The lowest BCUT2D eigenvalue weighted by molar-refractivity contribution is 0.672. The van der Waals surface area contributed by atoms with Gasteiger partial charge >= 0.3 is 0 Å². The molecule has 0 aliphatic heterocycles. The van der Waals surface area contributed by atoms with Crippen molar-refractivity contribution >= 4 is 137 Å². The van der Waals surface area contributed by atoms with E-state index in [0.717, 1.165) is 177 Å². The first-order valence-electron chi connectivity index (χ1n) is 27.6. The number of para-hydroxylation sites is 4. The molecule has 0 N–H and O–H groups in total. The maximum Gasteiger partial charge on any atom is 0.145 e. The van der Waals surface area contributed by atoms with Crippen molar-refractivity contribution in [2.45, 2.75) is 19.8 Å². The zero-order valence-electron chi connectivity index (χ0n) is 43.5. The summed E-state index contributed by atoms with van der Waals surface area (Å²) in [5.41, 5.74) is 16.5. The van der Waals surface area contributed by atoms with Crippen LogP contribution in [0.4, 0.5) is 0 Å². The average molecular weight is 1020 g/mol. The number of hydrogen-bond donors (Lipinski definition) is 0. The molecule has 18 rings (SSSR count). The van der Waals surface area contributed by atoms with Crippen molar-refractivity contribution in [2.75, 3.05) is 0 Å². The van der Waals surface area contributed by atoms with Gasteiger partial charge < -0.3 is 22.7 Å². The third-order valence-electron chi connectivity index (χ3n) is 17.8. The summed E-state index contributed by atoms with van der Waals surface area (Å²) < 4.78 is 17.1. The smallest absolute Gasteiger partial charge is 0.145 e. The van der Waals surface area contributed by atoms with E-state index in [1.54, 1.807) is 0 Å². The summed E-state index contributed by atoms with van der Waals surface area (Å²) in [6.45, 7) is 2.28. The van der Waals surface area contributed by atoms with Gasteiger partial charge in [-0.15, -0.1) is 0 Å². The van der Waals surface area contributed by atoms with E-state index in [9.17, 15) is 5.26 Å². The van der Waals surface area contributed by atoms with Crippen molar-refractivity contribution in [3.63, 3.8) is 0 Å². The Morgan fingerprint density at radius 1 is 0.388 bits per heavy atom. The van der Waals surface area contributed by atoms with Crippen molar-refractivity contribution in [3.8, 4) is 28.8 Å². The number of aromatic nitrogens is 4. The second-order valence-electron chi connectivity index (χ2n) is 21.7. The van der Waals surface area contributed by atoms with Gasteiger partial charge in [-0.3, -0.25) is 0 Å². The van der Waals surface area contributed by atoms with Crippen LogP contribution in [0.1, 0.15) is 28.8 Å². The van der Waals surface area contributed by atoms with Crippen molar-refractivity contribution < 1.29 is 4.42 Å². The number of fused-ring (bicyclic) bond motifs is 22. The third-order valence-corrected chi connectivity index (χ3v) is 17.8. The fraction of sp³-hybridized carbons (Fsp3) is 0.0405. The van der Waals surface area contributed by atoms with Crippen LogP contribution in [0.15, 0.2) is 229 Å². The maximum absolute atomic E-state index is 12.9. The van der Waals surface area contributed by atoms with Gasteiger partial charge in [-0.2, -0.15) is 5.26 Å². The molecule has 5 aromatic heterocycles. The van der Waals surface area contributed by atoms with Crippen LogP contribution in [0.25, 0.3) is 159 Å². The monoisotopic (exact) mass is 1020 g/mol. The molecule has 372 valence electrons. The Morgan fingerprint density at radius 2 is 0.838 bits per heavy atom. The number of hydrogen-bond acceptors (Lipinski definition) is 2. The second kappa shape index (κ2) is 16.0. The maximum atomic E-state index is 12.9. The summed E-state index contributed by atoms with van der Waals surface area (Å²) in [5.74, 6) is 0. The number of rotatable bonds is 4. The lowest BCUT2D eigenvalue weighted by Gasteiger charge is -2.29. The third kappa shape index (κ3) is 5.55. The molecule has 0 atom stereocenters. The number of benzene rings is 12. The first-order valence-corrected chi connectivity index (χ1v) is 27.6. The molecule has 12 aromatic carbocycles. The highest BCUT2D eigenvalue weighted by atomic mass is 16.3. The van der Waals surface area contributed by atoms with Crippen LogP contribution in [-0.4, -0.2) is 18.3 Å². The van der Waals surface area contributed by atoms with Gasteiger partial charge in [0.25, 0.3) is 0 Å². The normalized spacial score (nSPS) is 12.9. The van der Waals surface area contributed by atoms with E-state index in [0.29, 0.717) is 5.56 Å². The Bertz CT molecular complexity index is 5700. The highest BCUT2D eigenvalue weighted by molar-refractivity contribution is 6.23. The van der Waals surface area contributed by atoms with E-state index in [4.69, 9.17) is 4.42 Å². The standard InChI is InChI=1S/C74H45N5O/c1-43-67(77-60-29-13-8-24-50(60)54-37-34-44-18-2-5-21-47(44)69(54)77)59(42-75)72(79-62-31-15-10-26-52(62)56-39-36-46-20-4-7-23-49(46)71(56)79)73(68(43)78-61-30-14-9-25-51(61)55-38-35-45-19-3-6-22-48(45)70(55)78)76-63-32-16-11-28-58(63)66-64(76)41-40-57-53-27-12-17-33-65(53)80-74(57)66/h2-10,12-27,29-41H,11,28H2,1H3. The zero-order valence-corrected chi connectivity index (χ0v) is 43.5. The molecule has 0 bridgehead atoms. The topological polar surface area (TPSA) is 56.6 Å². The molecular weight excluding hydrogens is 975 g/mol. The van der Waals surface area contributed by atoms with Crippen molar-refractivity contribution in [3.05, 3.63) is 247 Å². The molecule has 5 heterocycles. The molecule has 6 nitrogen and oxygen atoms in total. The Morgan fingerprint density at radius 3 is 1.38 bits per heavy atom. The molecule has 0 fully saturated rings. The predicted molar refractivity (Wildman–Crippen MR) is 333 cm³/mol. The Kier molecular flexibility index (Phi) is 8.69. The van der Waals surface area contributed by atoms with Gasteiger partial charge in [-0.05, 0) is 84.0 Å². The quantitative estimate of drug-likeness (QED) is 0.176. The Hall–Kier alpha value is -10.6. The van der Waals surface area contributed by atoms with E-state index in [1.165, 1.54) is 5.56 Å². The van der Waals surface area contributed by atoms with Gasteiger partial charge in [-0.1, -0.05) is 188 Å². The highest BCUT2D eigenvalue weighted by Gasteiger charge is 2.35. The molecule has 0 saturated heterocycles. The molecule has 6 heteroatoms. The van der Waals surface area contributed by atoms with Gasteiger partial charge in [0.1, 0.15) is 22.8 Å². The van der Waals surface area contributed by atoms with Gasteiger partial charge in [-0.25, -0.2) is 0 Å². The van der Waals surface area contributed by atoms with E-state index >= 15 is 0 Å². The molecule has 17 aromatic rings. The molecule has 1 aliphatic carbocycles. The minimum Gasteiger partial charge on any atom is -0.455 e. The summed E-state index contributed by atoms with van der Waals surface area (Å²) in [7, 11) is 0. The van der Waals surface area contributed by atoms with E-state index < -0.39 is 0 Å². The number of furan rings is 1. The van der Waals surface area contributed by atoms with Gasteiger partial charge in [0, 0.05) is 70.2 Å². The van der Waals surface area contributed by atoms with Crippen molar-refractivity contribution in [1.29, 1.82) is 5.26 Å². The van der Waals surface area contributed by atoms with Gasteiger partial charge in [0.2, 0.25) is 0 Å². The molecule has 0 radical (unpaired) electrons. The minimum atomic E-state index is 0.568. The second-order valence-corrected chi connectivity index (χ2v) is 21.7. The summed E-state index contributed by atoms with van der Waals surface area (Å²) in [4.78, 5) is 0. The Balaban J connectivity index is 1.18. The SMILES string of the molecule is Cc1c(-n2c3ccccc3c3ccc4ccccc4c32)c(C#N)c(-n2c3ccccc3c3ccc4ccccc4c32)c(-n2c3c(c4c5oc6ccccc6c5ccc42)CCC=C3)c1-n1c2ccccc2c2ccc3ccccc3c21. The van der Waals surface area contributed by atoms with Crippen molar-refractivity contribution in [2.24, 2.45) is 0 Å². The van der Waals surface area contributed by atoms with Crippen LogP contribution < -0.4 is 0 Å². The fourth-order valence-electron chi connectivity index (χ4n) is 14.5. The van der Waals surface area contributed by atoms with Crippen LogP contribution in [0.3, 0.4) is 0 Å². The van der Waals surface area contributed by atoms with Crippen molar-refractivity contribution in [1.82, 2.24) is 18.3 Å². The molecular formula is C74H45N5O. The molecule has 1 aliphatic rings. The summed E-state index contributed by atoms with van der Waals surface area (Å²) in [6.07, 6.45) is 6.37. The van der Waals surface area contributed by atoms with Gasteiger partial charge in [0.15, 0.2) is 0 Å². The average Bonchev–Trinajstić information content (AvgIpc) is 4.44. The number of aryl methyl sites for hydroxylation is 1. The lowest BCUT2D eigenvalue weighted by atomic mass is 9.97. The zero-order chi connectivity index (χ0) is 52.5. The number of nitriles is 1. The summed E-state index contributed by atoms with van der Waals surface area (Å²) >= 11 is 0. The van der Waals surface area contributed by atoms with Crippen LogP contribution in [-0.2, 0) is 6.42 Å². The fourth-order valence-corrected chi connectivity index (χ4v) is 14.5. The molecule has 0 saturated carbocycles. The molecule has 0 spiro atoms. The predicted octanol–water partition coefficient (Wildman–Crippen LogP) is 19.4. The first kappa shape index (κ1) is 43.5. The molecule has 0 unspecified atom stereocenters. The van der Waals surface area contributed by atoms with E-state index in [1.807, 2.05) is 0 Å². The molecule has 80 heavy (non-hydrogen) atoms. The lowest BCUT2D eigenvalue weighted by Crippen LogP contribution is -2.17. The van der Waals surface area contributed by atoms with Crippen LogP contribution in [0.2, 0.25) is 0 Å². The Labute approximate surface area is 457 Å². The number of nitrogens with zero attached hydrogens (tertiary/aromatic N) is 5. The largest absolute Gasteiger partial charge is 0.455 e. The minimum absolute atomic E-state index is 0.568.